The summed E-state index contributed by atoms with van der Waals surface area (Å²) < 4.78 is 1.81. The molecule has 1 heterocycles. The molecule has 6 heteroatoms. The standard InChI is InChI=1S/C16H22ClN3O2/c1-11-15(12(2)20(19-11)6-7-21)9-18-10-16(22)13-4-3-5-14(17)8-13/h3-5,8,16,18,21-22H,6-7,9-10H2,1-2H3. The van der Waals surface area contributed by atoms with Crippen molar-refractivity contribution in [2.75, 3.05) is 13.2 Å². The van der Waals surface area contributed by atoms with Gasteiger partial charge < -0.3 is 15.5 Å². The van der Waals surface area contributed by atoms with Crippen molar-refractivity contribution in [2.45, 2.75) is 33.0 Å². The van der Waals surface area contributed by atoms with Crippen LogP contribution in [0, 0.1) is 13.8 Å². The molecule has 0 spiro atoms. The number of nitrogens with one attached hydrogen (secondary N) is 1. The third-order valence-electron chi connectivity index (χ3n) is 3.72. The van der Waals surface area contributed by atoms with E-state index in [9.17, 15) is 5.11 Å². The van der Waals surface area contributed by atoms with Crippen LogP contribution in [0.25, 0.3) is 0 Å². The van der Waals surface area contributed by atoms with Crippen molar-refractivity contribution < 1.29 is 10.2 Å². The van der Waals surface area contributed by atoms with E-state index >= 15 is 0 Å². The fraction of sp³-hybridized carbons (Fsp3) is 0.438. The molecular formula is C16H22ClN3O2. The van der Waals surface area contributed by atoms with Gasteiger partial charge in [-0.15, -0.1) is 0 Å². The average Bonchev–Trinajstić information content (AvgIpc) is 2.75. The van der Waals surface area contributed by atoms with Crippen LogP contribution in [0.15, 0.2) is 24.3 Å². The lowest BCUT2D eigenvalue weighted by Gasteiger charge is -2.13. The number of halogens is 1. The maximum absolute atomic E-state index is 10.2. The molecule has 0 amide bonds. The number of aromatic nitrogens is 2. The first kappa shape index (κ1) is 17.0. The van der Waals surface area contributed by atoms with Gasteiger partial charge in [0, 0.05) is 29.4 Å². The van der Waals surface area contributed by atoms with Crippen LogP contribution in [0.2, 0.25) is 5.02 Å². The molecule has 1 atom stereocenters. The third kappa shape index (κ3) is 4.08. The molecule has 0 saturated heterocycles. The Balaban J connectivity index is 1.94. The monoisotopic (exact) mass is 323 g/mol. The van der Waals surface area contributed by atoms with Gasteiger partial charge in [-0.2, -0.15) is 5.10 Å². The van der Waals surface area contributed by atoms with Crippen LogP contribution in [0.3, 0.4) is 0 Å². The van der Waals surface area contributed by atoms with Gasteiger partial charge in [-0.25, -0.2) is 0 Å². The van der Waals surface area contributed by atoms with Crippen LogP contribution >= 0.6 is 11.6 Å². The van der Waals surface area contributed by atoms with Crippen LogP contribution < -0.4 is 5.32 Å². The highest BCUT2D eigenvalue weighted by molar-refractivity contribution is 6.30. The lowest BCUT2D eigenvalue weighted by Crippen LogP contribution is -2.21. The third-order valence-corrected chi connectivity index (χ3v) is 3.95. The highest BCUT2D eigenvalue weighted by Gasteiger charge is 2.12. The number of hydrogen-bond donors (Lipinski definition) is 3. The minimum atomic E-state index is -0.605. The smallest absolute Gasteiger partial charge is 0.0915 e. The zero-order valence-corrected chi connectivity index (χ0v) is 13.6. The highest BCUT2D eigenvalue weighted by Crippen LogP contribution is 2.18. The van der Waals surface area contributed by atoms with Gasteiger partial charge in [-0.3, -0.25) is 4.68 Å². The molecule has 2 aromatic rings. The molecule has 0 aliphatic heterocycles. The first-order valence-electron chi connectivity index (χ1n) is 7.31. The quantitative estimate of drug-likeness (QED) is 0.728. The molecule has 120 valence electrons. The van der Waals surface area contributed by atoms with Gasteiger partial charge in [0.05, 0.1) is 24.9 Å². The van der Waals surface area contributed by atoms with Crippen LogP contribution in [0.5, 0.6) is 0 Å². The summed E-state index contributed by atoms with van der Waals surface area (Å²) in [4.78, 5) is 0. The van der Waals surface area contributed by atoms with E-state index in [4.69, 9.17) is 16.7 Å². The highest BCUT2D eigenvalue weighted by atomic mass is 35.5. The zero-order chi connectivity index (χ0) is 16.1. The van der Waals surface area contributed by atoms with Gasteiger partial charge in [0.15, 0.2) is 0 Å². The van der Waals surface area contributed by atoms with E-state index in [0.717, 1.165) is 22.5 Å². The predicted octanol–water partition coefficient (Wildman–Crippen LogP) is 1.97. The topological polar surface area (TPSA) is 70.3 Å². The summed E-state index contributed by atoms with van der Waals surface area (Å²) in [5, 5.41) is 27.5. The number of aliphatic hydroxyl groups excluding tert-OH is 2. The number of aryl methyl sites for hydroxylation is 1. The molecule has 1 unspecified atom stereocenters. The average molecular weight is 324 g/mol. The Labute approximate surface area is 135 Å². The van der Waals surface area contributed by atoms with Gasteiger partial charge in [0.25, 0.3) is 0 Å². The largest absolute Gasteiger partial charge is 0.394 e. The van der Waals surface area contributed by atoms with Gasteiger partial charge >= 0.3 is 0 Å². The fourth-order valence-electron chi connectivity index (χ4n) is 2.47. The molecule has 0 aliphatic rings. The van der Waals surface area contributed by atoms with Crippen molar-refractivity contribution in [2.24, 2.45) is 0 Å². The summed E-state index contributed by atoms with van der Waals surface area (Å²) in [6, 6.07) is 7.24. The molecule has 0 saturated carbocycles. The molecule has 5 nitrogen and oxygen atoms in total. The van der Waals surface area contributed by atoms with E-state index in [-0.39, 0.29) is 6.61 Å². The number of rotatable bonds is 7. The van der Waals surface area contributed by atoms with Crippen LogP contribution in [-0.4, -0.2) is 33.1 Å². The molecular weight excluding hydrogens is 302 g/mol. The SMILES string of the molecule is Cc1nn(CCO)c(C)c1CNCC(O)c1cccc(Cl)c1. The second kappa shape index (κ2) is 7.74. The molecule has 0 aliphatic carbocycles. The maximum Gasteiger partial charge on any atom is 0.0915 e. The lowest BCUT2D eigenvalue weighted by molar-refractivity contribution is 0.174. The predicted molar refractivity (Wildman–Crippen MR) is 86.9 cm³/mol. The van der Waals surface area contributed by atoms with Crippen molar-refractivity contribution >= 4 is 11.6 Å². The van der Waals surface area contributed by atoms with E-state index in [2.05, 4.69) is 10.4 Å². The fourth-order valence-corrected chi connectivity index (χ4v) is 2.67. The summed E-state index contributed by atoms with van der Waals surface area (Å²) >= 11 is 5.93. The van der Waals surface area contributed by atoms with Gasteiger partial charge in [0.2, 0.25) is 0 Å². The van der Waals surface area contributed by atoms with Gasteiger partial charge in [0.1, 0.15) is 0 Å². The molecule has 0 fully saturated rings. The first-order valence-corrected chi connectivity index (χ1v) is 7.68. The number of nitrogens with zero attached hydrogens (tertiary/aromatic N) is 2. The molecule has 0 bridgehead atoms. The minimum Gasteiger partial charge on any atom is -0.394 e. The van der Waals surface area contributed by atoms with Gasteiger partial charge in [-0.1, -0.05) is 23.7 Å². The minimum absolute atomic E-state index is 0.0717. The molecule has 22 heavy (non-hydrogen) atoms. The Bertz CT molecular complexity index is 628. The molecule has 1 aromatic heterocycles. The Kier molecular flexibility index (Phi) is 5.97. The first-order chi connectivity index (χ1) is 10.5. The number of benzene rings is 1. The van der Waals surface area contributed by atoms with E-state index in [1.807, 2.05) is 26.0 Å². The second-order valence-corrected chi connectivity index (χ2v) is 5.73. The van der Waals surface area contributed by atoms with E-state index in [1.54, 1.807) is 16.8 Å². The summed E-state index contributed by atoms with van der Waals surface area (Å²) in [5.41, 5.74) is 3.88. The number of hydrogen-bond acceptors (Lipinski definition) is 4. The molecule has 3 N–H and O–H groups in total. The second-order valence-electron chi connectivity index (χ2n) is 5.30. The van der Waals surface area contributed by atoms with Crippen molar-refractivity contribution in [3.05, 3.63) is 51.8 Å². The molecule has 0 radical (unpaired) electrons. The van der Waals surface area contributed by atoms with Crippen molar-refractivity contribution in [3.63, 3.8) is 0 Å². The summed E-state index contributed by atoms with van der Waals surface area (Å²) in [5.74, 6) is 0. The Hall–Kier alpha value is -1.40. The van der Waals surface area contributed by atoms with Gasteiger partial charge in [-0.05, 0) is 31.5 Å². The molecule has 2 rings (SSSR count). The summed E-state index contributed by atoms with van der Waals surface area (Å²) in [7, 11) is 0. The van der Waals surface area contributed by atoms with Crippen molar-refractivity contribution in [3.8, 4) is 0 Å². The van der Waals surface area contributed by atoms with Crippen LogP contribution in [0.4, 0.5) is 0 Å². The van der Waals surface area contributed by atoms with E-state index < -0.39 is 6.10 Å². The normalized spacial score (nSPS) is 12.6. The summed E-state index contributed by atoms with van der Waals surface area (Å²) in [6.45, 7) is 5.57. The molecule has 1 aromatic carbocycles. The Morgan fingerprint density at radius 2 is 2.14 bits per heavy atom. The van der Waals surface area contributed by atoms with E-state index in [0.29, 0.717) is 24.7 Å². The Morgan fingerprint density at radius 3 is 2.82 bits per heavy atom. The zero-order valence-electron chi connectivity index (χ0n) is 12.9. The lowest BCUT2D eigenvalue weighted by atomic mass is 10.1. The summed E-state index contributed by atoms with van der Waals surface area (Å²) in [6.07, 6.45) is -0.605. The maximum atomic E-state index is 10.2. The van der Waals surface area contributed by atoms with Crippen molar-refractivity contribution in [1.82, 2.24) is 15.1 Å². The number of aliphatic hydroxyl groups is 2. The Morgan fingerprint density at radius 1 is 1.36 bits per heavy atom. The van der Waals surface area contributed by atoms with Crippen molar-refractivity contribution in [1.29, 1.82) is 0 Å². The van der Waals surface area contributed by atoms with Crippen LogP contribution in [-0.2, 0) is 13.1 Å². The van der Waals surface area contributed by atoms with E-state index in [1.165, 1.54) is 0 Å². The van der Waals surface area contributed by atoms with Crippen LogP contribution in [0.1, 0.15) is 28.6 Å².